The summed E-state index contributed by atoms with van der Waals surface area (Å²) in [7, 11) is 0. The van der Waals surface area contributed by atoms with Gasteiger partial charge < -0.3 is 5.73 Å². The van der Waals surface area contributed by atoms with Crippen molar-refractivity contribution in [2.45, 2.75) is 32.4 Å². The number of para-hydroxylation sites is 1. The Kier molecular flexibility index (Phi) is 3.96. The molecule has 1 amide bonds. The lowest BCUT2D eigenvalue weighted by Crippen LogP contribution is -2.52. The van der Waals surface area contributed by atoms with E-state index in [2.05, 4.69) is 11.5 Å². The predicted molar refractivity (Wildman–Crippen MR) is 89.2 cm³/mol. The fourth-order valence-electron chi connectivity index (χ4n) is 2.85. The minimum Gasteiger partial charge on any atom is -0.315 e. The van der Waals surface area contributed by atoms with Gasteiger partial charge in [-0.15, -0.1) is 0 Å². The fourth-order valence-corrected chi connectivity index (χ4v) is 2.85. The first-order chi connectivity index (χ1) is 10.6. The van der Waals surface area contributed by atoms with Crippen LogP contribution in [0.2, 0.25) is 0 Å². The fraction of sp³-hybridized carbons (Fsp3) is 0.278. The molecule has 1 aliphatic rings. The molecule has 1 aliphatic heterocycles. The number of hydrazine groups is 1. The van der Waals surface area contributed by atoms with Crippen LogP contribution in [0.3, 0.4) is 0 Å². The van der Waals surface area contributed by atoms with Crippen molar-refractivity contribution in [2.24, 2.45) is 5.73 Å². The van der Waals surface area contributed by atoms with E-state index in [1.54, 1.807) is 5.01 Å². The largest absolute Gasteiger partial charge is 0.315 e. The van der Waals surface area contributed by atoms with Crippen molar-refractivity contribution in [3.63, 3.8) is 0 Å². The first kappa shape index (κ1) is 14.8. The Labute approximate surface area is 130 Å². The molecule has 2 aromatic rings. The van der Waals surface area contributed by atoms with E-state index in [1.807, 2.05) is 56.3 Å². The number of amides is 1. The van der Waals surface area contributed by atoms with E-state index in [0.717, 1.165) is 28.8 Å². The van der Waals surface area contributed by atoms with Crippen LogP contribution in [0, 0.1) is 0 Å². The quantitative estimate of drug-likeness (QED) is 0.856. The van der Waals surface area contributed by atoms with Gasteiger partial charge in [0.1, 0.15) is 0 Å². The molecule has 2 atom stereocenters. The highest BCUT2D eigenvalue weighted by Gasteiger charge is 2.31. The topological polar surface area (TPSA) is 58.4 Å². The van der Waals surface area contributed by atoms with Gasteiger partial charge in [-0.3, -0.25) is 4.79 Å². The molecule has 0 aromatic heterocycles. The molecule has 4 nitrogen and oxygen atoms in total. The number of hydrogen-bond donors (Lipinski definition) is 2. The third-order valence-electron chi connectivity index (χ3n) is 4.19. The normalized spacial score (nSPS) is 18.4. The van der Waals surface area contributed by atoms with Gasteiger partial charge >= 0.3 is 0 Å². The lowest BCUT2D eigenvalue weighted by molar-refractivity contribution is -0.120. The molecular weight excluding hydrogens is 274 g/mol. The van der Waals surface area contributed by atoms with Crippen molar-refractivity contribution < 1.29 is 4.79 Å². The van der Waals surface area contributed by atoms with Gasteiger partial charge in [-0.05, 0) is 30.5 Å². The molecule has 0 spiro atoms. The number of benzene rings is 2. The molecule has 4 heteroatoms. The van der Waals surface area contributed by atoms with Crippen molar-refractivity contribution in [1.29, 1.82) is 0 Å². The highest BCUT2D eigenvalue weighted by molar-refractivity contribution is 6.04. The second-order valence-electron chi connectivity index (χ2n) is 5.64. The van der Waals surface area contributed by atoms with Crippen LogP contribution in [0.4, 0.5) is 5.69 Å². The maximum Gasteiger partial charge on any atom is 0.248 e. The summed E-state index contributed by atoms with van der Waals surface area (Å²) in [6.07, 6.45) is 0.484. The molecule has 0 bridgehead atoms. The molecule has 2 aromatic carbocycles. The maximum absolute atomic E-state index is 12.9. The summed E-state index contributed by atoms with van der Waals surface area (Å²) in [6.45, 7) is 3.93. The Bertz CT molecular complexity index is 698. The van der Waals surface area contributed by atoms with Gasteiger partial charge in [-0.2, -0.15) is 0 Å². The summed E-state index contributed by atoms with van der Waals surface area (Å²) in [5.41, 5.74) is 13.2. The Hall–Kier alpha value is -2.17. The summed E-state index contributed by atoms with van der Waals surface area (Å²) in [4.78, 5) is 12.9. The van der Waals surface area contributed by atoms with Crippen LogP contribution in [-0.2, 0) is 4.79 Å². The highest BCUT2D eigenvalue weighted by atomic mass is 16.2. The van der Waals surface area contributed by atoms with Crippen LogP contribution in [0.1, 0.15) is 31.7 Å². The minimum atomic E-state index is -0.259. The van der Waals surface area contributed by atoms with Gasteiger partial charge in [0.15, 0.2) is 0 Å². The van der Waals surface area contributed by atoms with Crippen LogP contribution in [0.25, 0.3) is 11.1 Å². The molecular formula is C18H21N3O. The monoisotopic (exact) mass is 295 g/mol. The molecule has 114 valence electrons. The Morgan fingerprint density at radius 2 is 1.77 bits per heavy atom. The van der Waals surface area contributed by atoms with Gasteiger partial charge in [0, 0.05) is 5.56 Å². The number of fused-ring (bicyclic) bond motifs is 3. The third-order valence-corrected chi connectivity index (χ3v) is 4.19. The molecule has 3 rings (SSSR count). The van der Waals surface area contributed by atoms with Crippen molar-refractivity contribution in [3.8, 4) is 11.1 Å². The average Bonchev–Trinajstić information content (AvgIpc) is 2.65. The van der Waals surface area contributed by atoms with Crippen LogP contribution in [0.5, 0.6) is 0 Å². The van der Waals surface area contributed by atoms with Gasteiger partial charge in [0.2, 0.25) is 5.91 Å². The zero-order chi connectivity index (χ0) is 15.7. The van der Waals surface area contributed by atoms with Gasteiger partial charge in [-0.1, -0.05) is 49.4 Å². The summed E-state index contributed by atoms with van der Waals surface area (Å²) >= 11 is 0. The van der Waals surface area contributed by atoms with Crippen molar-refractivity contribution in [3.05, 3.63) is 54.1 Å². The van der Waals surface area contributed by atoms with Crippen LogP contribution in [-0.4, -0.2) is 12.1 Å². The van der Waals surface area contributed by atoms with Crippen LogP contribution < -0.4 is 16.2 Å². The summed E-state index contributed by atoms with van der Waals surface area (Å²) < 4.78 is 0. The van der Waals surface area contributed by atoms with Crippen molar-refractivity contribution >= 4 is 11.6 Å². The van der Waals surface area contributed by atoms with E-state index in [0.29, 0.717) is 0 Å². The van der Waals surface area contributed by atoms with Crippen molar-refractivity contribution in [1.82, 2.24) is 5.43 Å². The molecule has 2 unspecified atom stereocenters. The first-order valence-electron chi connectivity index (χ1n) is 7.67. The third kappa shape index (κ3) is 2.40. The Morgan fingerprint density at radius 1 is 1.14 bits per heavy atom. The number of nitrogens with one attached hydrogen (secondary N) is 1. The smallest absolute Gasteiger partial charge is 0.248 e. The van der Waals surface area contributed by atoms with E-state index < -0.39 is 0 Å². The number of carbonyl (C=O) groups excluding carboxylic acids is 1. The lowest BCUT2D eigenvalue weighted by Gasteiger charge is -2.28. The van der Waals surface area contributed by atoms with E-state index >= 15 is 0 Å². The first-order valence-corrected chi connectivity index (χ1v) is 7.67. The number of anilines is 1. The molecule has 0 saturated carbocycles. The average molecular weight is 295 g/mol. The SMILES string of the molecule is CCC(N)NN1C(=O)C(C)c2ccccc2-c2ccccc21. The molecule has 0 radical (unpaired) electrons. The molecule has 0 aliphatic carbocycles. The second kappa shape index (κ2) is 5.91. The zero-order valence-corrected chi connectivity index (χ0v) is 12.9. The number of carbonyl (C=O) groups is 1. The standard InChI is InChI=1S/C18H21N3O/c1-3-17(19)20-21-16-11-7-6-10-15(16)14-9-5-4-8-13(14)12(2)18(21)22/h4-12,17,20H,3,19H2,1-2H3. The minimum absolute atomic E-state index is 0.0151. The van der Waals surface area contributed by atoms with Gasteiger partial charge in [0.25, 0.3) is 0 Å². The van der Waals surface area contributed by atoms with Crippen LogP contribution >= 0.6 is 0 Å². The molecule has 0 fully saturated rings. The summed E-state index contributed by atoms with van der Waals surface area (Å²) in [6, 6.07) is 16.0. The van der Waals surface area contributed by atoms with Gasteiger partial charge in [-0.25, -0.2) is 10.4 Å². The lowest BCUT2D eigenvalue weighted by atomic mass is 9.92. The molecule has 1 heterocycles. The molecule has 0 saturated heterocycles. The Morgan fingerprint density at radius 3 is 2.50 bits per heavy atom. The summed E-state index contributed by atoms with van der Waals surface area (Å²) in [5.74, 6) is -0.207. The number of rotatable bonds is 3. The Balaban J connectivity index is 2.19. The zero-order valence-electron chi connectivity index (χ0n) is 12.9. The van der Waals surface area contributed by atoms with Crippen LogP contribution in [0.15, 0.2) is 48.5 Å². The number of nitrogens with zero attached hydrogens (tertiary/aromatic N) is 1. The number of nitrogens with two attached hydrogens (primary N) is 1. The van der Waals surface area contributed by atoms with Gasteiger partial charge in [0.05, 0.1) is 17.8 Å². The number of hydrogen-bond acceptors (Lipinski definition) is 3. The van der Waals surface area contributed by atoms with E-state index in [9.17, 15) is 4.79 Å². The second-order valence-corrected chi connectivity index (χ2v) is 5.64. The maximum atomic E-state index is 12.9. The molecule has 22 heavy (non-hydrogen) atoms. The van der Waals surface area contributed by atoms with E-state index in [1.165, 1.54) is 0 Å². The van der Waals surface area contributed by atoms with E-state index in [-0.39, 0.29) is 18.0 Å². The predicted octanol–water partition coefficient (Wildman–Crippen LogP) is 3.00. The van der Waals surface area contributed by atoms with Crippen molar-refractivity contribution in [2.75, 3.05) is 5.01 Å². The highest BCUT2D eigenvalue weighted by Crippen LogP contribution is 2.39. The summed E-state index contributed by atoms with van der Waals surface area (Å²) in [5, 5.41) is 1.62. The van der Waals surface area contributed by atoms with E-state index in [4.69, 9.17) is 5.73 Å². The molecule has 3 N–H and O–H groups in total.